The summed E-state index contributed by atoms with van der Waals surface area (Å²) < 4.78 is 65.9. The first kappa shape index (κ1) is 16.0. The number of alkyl halides is 3. The summed E-state index contributed by atoms with van der Waals surface area (Å²) in [5.41, 5.74) is -1.07. The largest absolute Gasteiger partial charge is 0.475 e. The van der Waals surface area contributed by atoms with Crippen molar-refractivity contribution in [2.45, 2.75) is 17.0 Å². The molecule has 6 nitrogen and oxygen atoms in total. The molecule has 0 atom stereocenters. The number of aromatic carboxylic acids is 1. The van der Waals surface area contributed by atoms with Crippen molar-refractivity contribution in [3.63, 3.8) is 0 Å². The van der Waals surface area contributed by atoms with E-state index in [2.05, 4.69) is 4.98 Å². The molecule has 0 radical (unpaired) electrons. The second-order valence-electron chi connectivity index (χ2n) is 4.21. The van der Waals surface area contributed by atoms with Crippen molar-refractivity contribution < 1.29 is 35.9 Å². The number of nitrogens with zero attached hydrogens (tertiary/aromatic N) is 1. The number of sulfone groups is 1. The van der Waals surface area contributed by atoms with E-state index in [1.54, 1.807) is 0 Å². The Kier molecular flexibility index (Phi) is 3.96. The van der Waals surface area contributed by atoms with Gasteiger partial charge in [0, 0.05) is 6.20 Å². The first-order chi connectivity index (χ1) is 10.1. The van der Waals surface area contributed by atoms with Crippen LogP contribution in [0.4, 0.5) is 13.2 Å². The van der Waals surface area contributed by atoms with Gasteiger partial charge in [-0.2, -0.15) is 13.2 Å². The summed E-state index contributed by atoms with van der Waals surface area (Å²) in [6.45, 7) is 0. The smallest absolute Gasteiger partial charge is 0.417 e. The normalized spacial score (nSPS) is 12.3. The lowest BCUT2D eigenvalue weighted by atomic mass is 10.3. The zero-order chi connectivity index (χ0) is 16.5. The minimum atomic E-state index is -4.62. The van der Waals surface area contributed by atoms with E-state index in [4.69, 9.17) is 9.52 Å². The van der Waals surface area contributed by atoms with Crippen LogP contribution in [0, 0.1) is 0 Å². The number of hydrogen-bond donors (Lipinski definition) is 1. The van der Waals surface area contributed by atoms with Gasteiger partial charge < -0.3 is 9.52 Å². The van der Waals surface area contributed by atoms with Gasteiger partial charge in [0.15, 0.2) is 5.03 Å². The van der Waals surface area contributed by atoms with Crippen LogP contribution in [0.5, 0.6) is 0 Å². The topological polar surface area (TPSA) is 97.5 Å². The number of carbonyl (C=O) groups is 1. The van der Waals surface area contributed by atoms with Crippen LogP contribution >= 0.6 is 0 Å². The summed E-state index contributed by atoms with van der Waals surface area (Å²) in [6.07, 6.45) is -4.20. The molecule has 0 saturated carbocycles. The van der Waals surface area contributed by atoms with E-state index in [0.29, 0.717) is 12.3 Å². The van der Waals surface area contributed by atoms with E-state index in [1.807, 2.05) is 0 Å². The fourth-order valence-electron chi connectivity index (χ4n) is 1.56. The minimum Gasteiger partial charge on any atom is -0.475 e. The Labute approximate surface area is 122 Å². The standard InChI is InChI=1S/C12H8F3NO5S/c13-12(14,15)7-1-4-10(16-5-7)22(19,20)6-8-2-3-9(21-8)11(17)18/h1-5H,6H2,(H,17,18). The average Bonchev–Trinajstić information content (AvgIpc) is 2.86. The third-order valence-corrected chi connectivity index (χ3v) is 4.13. The number of halogens is 3. The zero-order valence-electron chi connectivity index (χ0n) is 10.7. The quantitative estimate of drug-likeness (QED) is 0.921. The summed E-state index contributed by atoms with van der Waals surface area (Å²) in [4.78, 5) is 13.9. The van der Waals surface area contributed by atoms with Gasteiger partial charge in [-0.05, 0) is 24.3 Å². The van der Waals surface area contributed by atoms with Crippen molar-refractivity contribution in [2.75, 3.05) is 0 Å². The molecule has 0 aliphatic carbocycles. The molecule has 10 heteroatoms. The molecule has 0 amide bonds. The highest BCUT2D eigenvalue weighted by Gasteiger charge is 2.31. The van der Waals surface area contributed by atoms with Crippen LogP contribution in [0.2, 0.25) is 0 Å². The van der Waals surface area contributed by atoms with Gasteiger partial charge in [0.05, 0.1) is 5.56 Å². The first-order valence-corrected chi connectivity index (χ1v) is 7.33. The number of aromatic nitrogens is 1. The van der Waals surface area contributed by atoms with Gasteiger partial charge in [0.25, 0.3) is 0 Å². The highest BCUT2D eigenvalue weighted by molar-refractivity contribution is 7.90. The van der Waals surface area contributed by atoms with Crippen LogP contribution in [0.25, 0.3) is 0 Å². The van der Waals surface area contributed by atoms with Gasteiger partial charge in [-0.25, -0.2) is 18.2 Å². The maximum absolute atomic E-state index is 12.4. The summed E-state index contributed by atoms with van der Waals surface area (Å²) in [5.74, 6) is -2.67. The molecule has 2 heterocycles. The lowest BCUT2D eigenvalue weighted by molar-refractivity contribution is -0.137. The van der Waals surface area contributed by atoms with Crippen molar-refractivity contribution >= 4 is 15.8 Å². The van der Waals surface area contributed by atoms with Gasteiger partial charge in [-0.1, -0.05) is 0 Å². The Morgan fingerprint density at radius 3 is 2.36 bits per heavy atom. The predicted molar refractivity (Wildman–Crippen MR) is 65.8 cm³/mol. The van der Waals surface area contributed by atoms with Crippen molar-refractivity contribution in [1.29, 1.82) is 0 Å². The summed E-state index contributed by atoms with van der Waals surface area (Å²) >= 11 is 0. The average molecular weight is 335 g/mol. The number of furan rings is 1. The third kappa shape index (κ3) is 3.45. The van der Waals surface area contributed by atoms with Crippen LogP contribution in [0.1, 0.15) is 21.9 Å². The molecule has 2 rings (SSSR count). The van der Waals surface area contributed by atoms with Gasteiger partial charge in [-0.3, -0.25) is 0 Å². The molecule has 0 spiro atoms. The van der Waals surface area contributed by atoms with E-state index < -0.39 is 44.1 Å². The Morgan fingerprint density at radius 2 is 1.91 bits per heavy atom. The molecule has 0 aliphatic rings. The maximum atomic E-state index is 12.4. The van der Waals surface area contributed by atoms with E-state index in [1.165, 1.54) is 0 Å². The highest BCUT2D eigenvalue weighted by Crippen LogP contribution is 2.29. The van der Waals surface area contributed by atoms with Gasteiger partial charge in [0.1, 0.15) is 11.5 Å². The molecule has 118 valence electrons. The maximum Gasteiger partial charge on any atom is 0.417 e. The second-order valence-corrected chi connectivity index (χ2v) is 6.15. The fraction of sp³-hybridized carbons (Fsp3) is 0.167. The molecule has 0 fully saturated rings. The SMILES string of the molecule is O=C(O)c1ccc(CS(=O)(=O)c2ccc(C(F)(F)F)cn2)o1. The number of rotatable bonds is 4. The molecular formula is C12H8F3NO5S. The highest BCUT2D eigenvalue weighted by atomic mass is 32.2. The molecule has 22 heavy (non-hydrogen) atoms. The monoisotopic (exact) mass is 335 g/mol. The first-order valence-electron chi connectivity index (χ1n) is 5.67. The lowest BCUT2D eigenvalue weighted by Gasteiger charge is -2.07. The fourth-order valence-corrected chi connectivity index (χ4v) is 2.73. The van der Waals surface area contributed by atoms with E-state index in [-0.39, 0.29) is 5.76 Å². The third-order valence-electron chi connectivity index (χ3n) is 2.59. The lowest BCUT2D eigenvalue weighted by Crippen LogP contribution is -2.10. The van der Waals surface area contributed by atoms with Gasteiger partial charge >= 0.3 is 12.1 Å². The van der Waals surface area contributed by atoms with E-state index in [9.17, 15) is 26.4 Å². The Hall–Kier alpha value is -2.36. The summed E-state index contributed by atoms with van der Waals surface area (Å²) in [7, 11) is -4.05. The Morgan fingerprint density at radius 1 is 1.23 bits per heavy atom. The van der Waals surface area contributed by atoms with Crippen LogP contribution in [-0.4, -0.2) is 24.5 Å². The molecular weight excluding hydrogens is 327 g/mol. The second kappa shape index (κ2) is 5.44. The molecule has 1 N–H and O–H groups in total. The summed E-state index contributed by atoms with van der Waals surface area (Å²) in [6, 6.07) is 3.57. The Balaban J connectivity index is 2.24. The Bertz CT molecular complexity index is 793. The summed E-state index contributed by atoms with van der Waals surface area (Å²) in [5, 5.41) is 8.10. The van der Waals surface area contributed by atoms with Crippen LogP contribution in [0.15, 0.2) is 39.9 Å². The van der Waals surface area contributed by atoms with Crippen LogP contribution < -0.4 is 0 Å². The number of hydrogen-bond acceptors (Lipinski definition) is 5. The zero-order valence-corrected chi connectivity index (χ0v) is 11.5. The van der Waals surface area contributed by atoms with Gasteiger partial charge in [-0.15, -0.1) is 0 Å². The van der Waals surface area contributed by atoms with Crippen molar-refractivity contribution in [2.24, 2.45) is 0 Å². The van der Waals surface area contributed by atoms with Crippen molar-refractivity contribution in [3.8, 4) is 0 Å². The van der Waals surface area contributed by atoms with Crippen molar-refractivity contribution in [1.82, 2.24) is 4.98 Å². The molecule has 2 aromatic heterocycles. The molecule has 0 saturated heterocycles. The number of carboxylic acids is 1. The van der Waals surface area contributed by atoms with E-state index >= 15 is 0 Å². The molecule has 0 aliphatic heterocycles. The molecule has 2 aromatic rings. The van der Waals surface area contributed by atoms with E-state index in [0.717, 1.165) is 18.2 Å². The molecule has 0 aromatic carbocycles. The minimum absolute atomic E-state index is 0.154. The molecule has 0 bridgehead atoms. The number of carboxylic acid groups (broad SMARTS) is 1. The van der Waals surface area contributed by atoms with Crippen molar-refractivity contribution in [3.05, 3.63) is 47.5 Å². The van der Waals surface area contributed by atoms with Crippen LogP contribution in [-0.2, 0) is 21.8 Å². The molecule has 0 unspecified atom stereocenters. The predicted octanol–water partition coefficient (Wildman–Crippen LogP) is 2.37. The number of pyridine rings is 1. The van der Waals surface area contributed by atoms with Gasteiger partial charge in [0.2, 0.25) is 15.6 Å². The van der Waals surface area contributed by atoms with Crippen LogP contribution in [0.3, 0.4) is 0 Å².